The van der Waals surface area contributed by atoms with Gasteiger partial charge in [-0.15, -0.1) is 0 Å². The minimum absolute atomic E-state index is 0.0701. The van der Waals surface area contributed by atoms with Crippen LogP contribution in [0.25, 0.3) is 0 Å². The predicted molar refractivity (Wildman–Crippen MR) is 147 cm³/mol. The highest BCUT2D eigenvalue weighted by Crippen LogP contribution is 2.71. The van der Waals surface area contributed by atoms with Crippen LogP contribution in [0.3, 0.4) is 0 Å². The molecule has 208 valence electrons. The smallest absolute Gasteiger partial charge is 0.338 e. The Kier molecular flexibility index (Phi) is 6.10. The van der Waals surface area contributed by atoms with E-state index in [1.165, 1.54) is 44.9 Å². The third kappa shape index (κ3) is 3.71. The van der Waals surface area contributed by atoms with E-state index in [9.17, 15) is 4.79 Å². The highest BCUT2D eigenvalue weighted by atomic mass is 16.7. The van der Waals surface area contributed by atoms with Gasteiger partial charge in [0.1, 0.15) is 6.10 Å². The van der Waals surface area contributed by atoms with Crippen LogP contribution in [-0.4, -0.2) is 30.6 Å². The zero-order valence-electron chi connectivity index (χ0n) is 24.0. The molecule has 2 saturated heterocycles. The molecule has 6 aliphatic rings. The average molecular weight is 521 g/mol. The summed E-state index contributed by atoms with van der Waals surface area (Å²) in [5.74, 6) is 4.41. The first-order valence-electron chi connectivity index (χ1n) is 15.8. The maximum Gasteiger partial charge on any atom is 0.338 e. The molecule has 0 bridgehead atoms. The molecule has 1 aromatic rings. The van der Waals surface area contributed by atoms with Crippen LogP contribution < -0.4 is 0 Å². The molecule has 0 aromatic heterocycles. The van der Waals surface area contributed by atoms with Crippen molar-refractivity contribution in [1.82, 2.24) is 0 Å². The van der Waals surface area contributed by atoms with Crippen LogP contribution in [0.5, 0.6) is 0 Å². The lowest BCUT2D eigenvalue weighted by molar-refractivity contribution is -0.273. The molecular formula is C34H48O4. The second kappa shape index (κ2) is 9.06. The van der Waals surface area contributed by atoms with Crippen LogP contribution in [0.2, 0.25) is 0 Å². The van der Waals surface area contributed by atoms with Crippen molar-refractivity contribution in [3.05, 3.63) is 35.9 Å². The topological polar surface area (TPSA) is 44.8 Å². The van der Waals surface area contributed by atoms with Crippen molar-refractivity contribution in [3.8, 4) is 0 Å². The number of carbonyl (C=O) groups is 1. The number of rotatable bonds is 2. The molecule has 2 heterocycles. The maximum absolute atomic E-state index is 12.7. The van der Waals surface area contributed by atoms with Crippen LogP contribution in [0.1, 0.15) is 102 Å². The Morgan fingerprint density at radius 2 is 1.68 bits per heavy atom. The van der Waals surface area contributed by atoms with Gasteiger partial charge in [-0.1, -0.05) is 45.9 Å². The molecule has 0 radical (unpaired) electrons. The summed E-state index contributed by atoms with van der Waals surface area (Å²) in [6.07, 6.45) is 12.6. The SMILES string of the molecule is CC1CCC2(OC1)O[C@H]1CC3C4CC[C@@H]5C[C@@H](OC(=O)c6ccccc6)CC[C@]5(C)C4CC[C@]3(C)C1C2C. The molecular weight excluding hydrogens is 472 g/mol. The molecule has 1 spiro atoms. The molecule has 7 rings (SSSR count). The summed E-state index contributed by atoms with van der Waals surface area (Å²) in [7, 11) is 0. The molecule has 7 unspecified atom stereocenters. The van der Waals surface area contributed by atoms with Gasteiger partial charge in [0.2, 0.25) is 0 Å². The summed E-state index contributed by atoms with van der Waals surface area (Å²) in [6.45, 7) is 10.9. The van der Waals surface area contributed by atoms with E-state index in [1.807, 2.05) is 30.3 Å². The number of esters is 1. The Morgan fingerprint density at radius 3 is 2.45 bits per heavy atom. The second-order valence-corrected chi connectivity index (χ2v) is 14.8. The number of benzene rings is 1. The van der Waals surface area contributed by atoms with Gasteiger partial charge >= 0.3 is 5.97 Å². The van der Waals surface area contributed by atoms with Gasteiger partial charge in [0.25, 0.3) is 0 Å². The molecule has 4 heteroatoms. The van der Waals surface area contributed by atoms with Crippen molar-refractivity contribution in [2.24, 2.45) is 52.3 Å². The summed E-state index contributed by atoms with van der Waals surface area (Å²) in [4.78, 5) is 12.7. The number of fused-ring (bicyclic) bond motifs is 7. The molecule has 38 heavy (non-hydrogen) atoms. The third-order valence-corrected chi connectivity index (χ3v) is 13.2. The zero-order valence-corrected chi connectivity index (χ0v) is 24.0. The van der Waals surface area contributed by atoms with Gasteiger partial charge in [-0.2, -0.15) is 0 Å². The minimum Gasteiger partial charge on any atom is -0.459 e. The number of hydrogen-bond donors (Lipinski definition) is 0. The van der Waals surface area contributed by atoms with E-state index >= 15 is 0 Å². The second-order valence-electron chi connectivity index (χ2n) is 14.8. The van der Waals surface area contributed by atoms with E-state index in [0.29, 0.717) is 46.2 Å². The van der Waals surface area contributed by atoms with Gasteiger partial charge < -0.3 is 14.2 Å². The third-order valence-electron chi connectivity index (χ3n) is 13.2. The van der Waals surface area contributed by atoms with E-state index in [4.69, 9.17) is 14.2 Å². The fourth-order valence-electron chi connectivity index (χ4n) is 11.1. The van der Waals surface area contributed by atoms with Crippen molar-refractivity contribution in [2.45, 2.75) is 110 Å². The fraction of sp³-hybridized carbons (Fsp3) is 0.794. The molecule has 0 N–H and O–H groups in total. The van der Waals surface area contributed by atoms with Gasteiger partial charge in [0, 0.05) is 12.3 Å². The number of ether oxygens (including phenoxy) is 3. The lowest BCUT2D eigenvalue weighted by Crippen LogP contribution is -2.55. The molecule has 1 aromatic carbocycles. The summed E-state index contributed by atoms with van der Waals surface area (Å²) in [5.41, 5.74) is 1.44. The van der Waals surface area contributed by atoms with Crippen molar-refractivity contribution in [3.63, 3.8) is 0 Å². The van der Waals surface area contributed by atoms with Crippen LogP contribution in [-0.2, 0) is 14.2 Å². The Bertz CT molecular complexity index is 1050. The van der Waals surface area contributed by atoms with Crippen LogP contribution >= 0.6 is 0 Å². The molecule has 12 atom stereocenters. The van der Waals surface area contributed by atoms with Crippen molar-refractivity contribution in [2.75, 3.05) is 6.61 Å². The predicted octanol–water partition coefficient (Wildman–Crippen LogP) is 7.66. The molecule has 0 amide bonds. The zero-order chi connectivity index (χ0) is 26.3. The average Bonchev–Trinajstić information content (AvgIpc) is 3.36. The monoisotopic (exact) mass is 520 g/mol. The highest BCUT2D eigenvalue weighted by molar-refractivity contribution is 5.89. The van der Waals surface area contributed by atoms with Gasteiger partial charge in [-0.3, -0.25) is 0 Å². The minimum atomic E-state index is -0.314. The summed E-state index contributed by atoms with van der Waals surface area (Å²) in [6, 6.07) is 9.51. The summed E-state index contributed by atoms with van der Waals surface area (Å²) >= 11 is 0. The Hall–Kier alpha value is -1.39. The van der Waals surface area contributed by atoms with E-state index in [1.54, 1.807) is 0 Å². The molecule has 4 aliphatic carbocycles. The molecule has 2 aliphatic heterocycles. The van der Waals surface area contributed by atoms with Crippen molar-refractivity contribution in [1.29, 1.82) is 0 Å². The van der Waals surface area contributed by atoms with E-state index in [-0.39, 0.29) is 17.9 Å². The first kappa shape index (κ1) is 25.6. The number of hydrogen-bond acceptors (Lipinski definition) is 4. The van der Waals surface area contributed by atoms with Gasteiger partial charge in [0.05, 0.1) is 18.3 Å². The Balaban J connectivity index is 1.05. The molecule has 4 nitrogen and oxygen atoms in total. The fourth-order valence-corrected chi connectivity index (χ4v) is 11.1. The van der Waals surface area contributed by atoms with E-state index < -0.39 is 0 Å². The van der Waals surface area contributed by atoms with Crippen LogP contribution in [0, 0.1) is 52.3 Å². The normalized spacial score (nSPS) is 51.5. The van der Waals surface area contributed by atoms with Gasteiger partial charge in [0.15, 0.2) is 5.79 Å². The standard InChI is InChI=1S/C34H48O4/c1-21-12-17-34(36-20-21)22(2)30-29(38-34)19-28-26-11-10-24-18-25(37-31(35)23-8-6-5-7-9-23)13-15-32(24,3)27(26)14-16-33(28,30)4/h5-9,21-22,24-30H,10-20H2,1-4H3/t21?,22?,24-,25+,26?,27?,28?,29+,30?,32+,33+,34?/m1/s1. The Morgan fingerprint density at radius 1 is 0.895 bits per heavy atom. The van der Waals surface area contributed by atoms with Gasteiger partial charge in [-0.25, -0.2) is 4.79 Å². The first-order valence-corrected chi connectivity index (χ1v) is 15.8. The summed E-state index contributed by atoms with van der Waals surface area (Å²) in [5, 5.41) is 0. The largest absolute Gasteiger partial charge is 0.459 e. The lowest BCUT2D eigenvalue weighted by Gasteiger charge is -2.61. The van der Waals surface area contributed by atoms with Crippen LogP contribution in [0.4, 0.5) is 0 Å². The first-order chi connectivity index (χ1) is 18.2. The number of carbonyl (C=O) groups excluding carboxylic acids is 1. The van der Waals surface area contributed by atoms with E-state index in [2.05, 4.69) is 27.7 Å². The lowest BCUT2D eigenvalue weighted by atomic mass is 9.44. The van der Waals surface area contributed by atoms with Gasteiger partial charge in [-0.05, 0) is 116 Å². The van der Waals surface area contributed by atoms with Crippen LogP contribution in [0.15, 0.2) is 30.3 Å². The molecule has 6 fully saturated rings. The highest BCUT2D eigenvalue weighted by Gasteiger charge is 2.69. The van der Waals surface area contributed by atoms with Crippen molar-refractivity contribution >= 4 is 5.97 Å². The maximum atomic E-state index is 12.7. The Labute approximate surface area is 229 Å². The quantitative estimate of drug-likeness (QED) is 0.376. The van der Waals surface area contributed by atoms with Crippen molar-refractivity contribution < 1.29 is 19.0 Å². The summed E-state index contributed by atoms with van der Waals surface area (Å²) < 4.78 is 19.5. The van der Waals surface area contributed by atoms with E-state index in [0.717, 1.165) is 43.6 Å². The molecule has 4 saturated carbocycles.